The second-order valence-electron chi connectivity index (χ2n) is 4.22. The van der Waals surface area contributed by atoms with Crippen LogP contribution in [0.3, 0.4) is 0 Å². The Balaban J connectivity index is 1.75. The number of thiophene rings is 1. The van der Waals surface area contributed by atoms with Gasteiger partial charge < -0.3 is 14.1 Å². The van der Waals surface area contributed by atoms with Crippen LogP contribution in [0.4, 0.5) is 0 Å². The Morgan fingerprint density at radius 2 is 2.37 bits per heavy atom. The van der Waals surface area contributed by atoms with Crippen molar-refractivity contribution in [1.82, 2.24) is 4.90 Å². The molecule has 1 fully saturated rings. The second-order valence-corrected chi connectivity index (χ2v) is 5.99. The first-order valence-corrected chi connectivity index (χ1v) is 7.60. The van der Waals surface area contributed by atoms with Crippen LogP contribution in [0.2, 0.25) is 0 Å². The Hall–Kier alpha value is -1.11. The van der Waals surface area contributed by atoms with Crippen molar-refractivity contribution in [3.8, 4) is 0 Å². The van der Waals surface area contributed by atoms with Gasteiger partial charge in [-0.05, 0) is 39.5 Å². The van der Waals surface area contributed by atoms with Crippen molar-refractivity contribution in [3.05, 3.63) is 45.0 Å². The van der Waals surface area contributed by atoms with E-state index in [1.54, 1.807) is 6.26 Å². The average molecular weight is 342 g/mol. The van der Waals surface area contributed by atoms with Gasteiger partial charge in [0, 0.05) is 11.0 Å². The van der Waals surface area contributed by atoms with Gasteiger partial charge in [0.2, 0.25) is 0 Å². The molecule has 2 aromatic heterocycles. The smallest absolute Gasteiger partial charge is 0.265 e. The van der Waals surface area contributed by atoms with E-state index in [9.17, 15) is 4.79 Å². The molecule has 19 heavy (non-hydrogen) atoms. The zero-order chi connectivity index (χ0) is 13.2. The molecule has 0 radical (unpaired) electrons. The Kier molecular flexibility index (Phi) is 3.72. The minimum absolute atomic E-state index is 0.0433. The van der Waals surface area contributed by atoms with E-state index < -0.39 is 0 Å². The van der Waals surface area contributed by atoms with Crippen LogP contribution in [0, 0.1) is 0 Å². The van der Waals surface area contributed by atoms with Crippen LogP contribution < -0.4 is 0 Å². The number of amides is 1. The van der Waals surface area contributed by atoms with Gasteiger partial charge in [0.1, 0.15) is 16.7 Å². The first-order chi connectivity index (χ1) is 9.25. The number of rotatable bonds is 2. The topological polar surface area (TPSA) is 42.7 Å². The predicted octanol–water partition coefficient (Wildman–Crippen LogP) is 3.32. The maximum atomic E-state index is 12.4. The minimum atomic E-state index is -0.175. The lowest BCUT2D eigenvalue weighted by Gasteiger charge is -2.31. The fourth-order valence-corrected chi connectivity index (χ4v) is 3.58. The van der Waals surface area contributed by atoms with Gasteiger partial charge in [-0.25, -0.2) is 0 Å². The molecule has 0 N–H and O–H groups in total. The van der Waals surface area contributed by atoms with Gasteiger partial charge in [0.05, 0.1) is 19.4 Å². The molecule has 6 heteroatoms. The molecule has 1 saturated heterocycles. The second kappa shape index (κ2) is 5.48. The molecular weight excluding hydrogens is 330 g/mol. The molecular formula is C13H12BrNO3S. The summed E-state index contributed by atoms with van der Waals surface area (Å²) < 4.78 is 11.9. The van der Waals surface area contributed by atoms with E-state index in [1.165, 1.54) is 11.3 Å². The summed E-state index contributed by atoms with van der Waals surface area (Å²) in [5, 5.41) is 1.90. The highest BCUT2D eigenvalue weighted by Gasteiger charge is 2.28. The summed E-state index contributed by atoms with van der Waals surface area (Å²) in [6, 6.07) is 5.59. The van der Waals surface area contributed by atoms with E-state index in [0.29, 0.717) is 19.7 Å². The normalized spacial score (nSPS) is 19.6. The predicted molar refractivity (Wildman–Crippen MR) is 75.3 cm³/mol. The maximum absolute atomic E-state index is 12.4. The summed E-state index contributed by atoms with van der Waals surface area (Å²) in [4.78, 5) is 15.0. The molecule has 0 unspecified atom stereocenters. The monoisotopic (exact) mass is 341 g/mol. The maximum Gasteiger partial charge on any atom is 0.265 e. The molecule has 3 heterocycles. The number of halogens is 1. The summed E-state index contributed by atoms with van der Waals surface area (Å²) in [7, 11) is 0. The molecule has 0 aliphatic carbocycles. The molecule has 1 atom stereocenters. The first-order valence-electron chi connectivity index (χ1n) is 5.93. The van der Waals surface area contributed by atoms with Crippen molar-refractivity contribution in [2.24, 2.45) is 0 Å². The molecule has 1 aliphatic heterocycles. The van der Waals surface area contributed by atoms with Crippen molar-refractivity contribution < 1.29 is 13.9 Å². The molecule has 1 amide bonds. The molecule has 2 aromatic rings. The van der Waals surface area contributed by atoms with Crippen molar-refractivity contribution in [2.45, 2.75) is 6.10 Å². The van der Waals surface area contributed by atoms with Gasteiger partial charge in [0.25, 0.3) is 5.91 Å². The Bertz CT molecular complexity index is 566. The van der Waals surface area contributed by atoms with Crippen molar-refractivity contribution in [1.29, 1.82) is 0 Å². The number of hydrogen-bond donors (Lipinski definition) is 0. The largest absolute Gasteiger partial charge is 0.467 e. The molecule has 0 saturated carbocycles. The van der Waals surface area contributed by atoms with E-state index in [-0.39, 0.29) is 12.0 Å². The summed E-state index contributed by atoms with van der Waals surface area (Å²) in [6.45, 7) is 1.66. The van der Waals surface area contributed by atoms with Crippen molar-refractivity contribution in [2.75, 3.05) is 19.7 Å². The third-order valence-electron chi connectivity index (χ3n) is 3.03. The van der Waals surface area contributed by atoms with Crippen LogP contribution in [0.15, 0.2) is 38.7 Å². The van der Waals surface area contributed by atoms with Crippen LogP contribution in [-0.2, 0) is 4.74 Å². The van der Waals surface area contributed by atoms with Gasteiger partial charge in [-0.1, -0.05) is 0 Å². The number of hydrogen-bond acceptors (Lipinski definition) is 4. The molecule has 0 aromatic carbocycles. The number of morpholine rings is 1. The molecule has 100 valence electrons. The van der Waals surface area contributed by atoms with E-state index >= 15 is 0 Å². The van der Waals surface area contributed by atoms with Gasteiger partial charge in [-0.2, -0.15) is 0 Å². The third-order valence-corrected chi connectivity index (χ3v) is 4.85. The lowest BCUT2D eigenvalue weighted by atomic mass is 10.2. The molecule has 4 nitrogen and oxygen atoms in total. The van der Waals surface area contributed by atoms with Crippen molar-refractivity contribution >= 4 is 33.2 Å². The van der Waals surface area contributed by atoms with Crippen molar-refractivity contribution in [3.63, 3.8) is 0 Å². The standard InChI is InChI=1S/C13H12BrNO3S/c14-9-3-7-19-12(9)13(16)15-4-6-18-11(8-15)10-2-1-5-17-10/h1-3,5,7,11H,4,6,8H2/t11-/m1/s1. The number of carbonyl (C=O) groups excluding carboxylic acids is 1. The van der Waals surface area contributed by atoms with Gasteiger partial charge >= 0.3 is 0 Å². The molecule has 3 rings (SSSR count). The fourth-order valence-electron chi connectivity index (χ4n) is 2.07. The minimum Gasteiger partial charge on any atom is -0.467 e. The van der Waals surface area contributed by atoms with Crippen LogP contribution >= 0.6 is 27.3 Å². The number of nitrogens with zero attached hydrogens (tertiary/aromatic N) is 1. The number of carbonyl (C=O) groups is 1. The van der Waals surface area contributed by atoms with E-state index in [0.717, 1.165) is 15.1 Å². The van der Waals surface area contributed by atoms with Gasteiger partial charge in [-0.3, -0.25) is 4.79 Å². The van der Waals surface area contributed by atoms with Crippen LogP contribution in [0.25, 0.3) is 0 Å². The highest BCUT2D eigenvalue weighted by molar-refractivity contribution is 9.10. The Morgan fingerprint density at radius 3 is 3.05 bits per heavy atom. The third kappa shape index (κ3) is 2.61. The lowest BCUT2D eigenvalue weighted by Crippen LogP contribution is -2.42. The van der Waals surface area contributed by atoms with Crippen LogP contribution in [0.5, 0.6) is 0 Å². The highest BCUT2D eigenvalue weighted by atomic mass is 79.9. The molecule has 1 aliphatic rings. The fraction of sp³-hybridized carbons (Fsp3) is 0.308. The lowest BCUT2D eigenvalue weighted by molar-refractivity contribution is -0.0320. The molecule has 0 bridgehead atoms. The zero-order valence-corrected chi connectivity index (χ0v) is 12.4. The van der Waals surface area contributed by atoms with Crippen LogP contribution in [0.1, 0.15) is 21.5 Å². The van der Waals surface area contributed by atoms with E-state index in [2.05, 4.69) is 15.9 Å². The summed E-state index contributed by atoms with van der Waals surface area (Å²) in [6.07, 6.45) is 1.45. The number of furan rings is 1. The van der Waals surface area contributed by atoms with Gasteiger partial charge in [-0.15, -0.1) is 11.3 Å². The van der Waals surface area contributed by atoms with Crippen LogP contribution in [-0.4, -0.2) is 30.5 Å². The summed E-state index contributed by atoms with van der Waals surface area (Å²) in [5.74, 6) is 0.810. The average Bonchev–Trinajstić information content (AvgIpc) is 3.09. The molecule has 0 spiro atoms. The zero-order valence-electron chi connectivity index (χ0n) is 10.0. The quantitative estimate of drug-likeness (QED) is 0.841. The first kappa shape index (κ1) is 12.9. The Labute approximate surface area is 123 Å². The summed E-state index contributed by atoms with van der Waals surface area (Å²) >= 11 is 4.85. The summed E-state index contributed by atoms with van der Waals surface area (Å²) in [5.41, 5.74) is 0. The number of ether oxygens (including phenoxy) is 1. The van der Waals surface area contributed by atoms with Gasteiger partial charge in [0.15, 0.2) is 0 Å². The highest BCUT2D eigenvalue weighted by Crippen LogP contribution is 2.27. The van der Waals surface area contributed by atoms with E-state index in [4.69, 9.17) is 9.15 Å². The van der Waals surface area contributed by atoms with E-state index in [1.807, 2.05) is 28.5 Å². The SMILES string of the molecule is O=C(c1sccc1Br)N1CCO[C@@H](c2ccco2)C1. The Morgan fingerprint density at radius 1 is 1.47 bits per heavy atom.